The fourth-order valence-electron chi connectivity index (χ4n) is 2.26. The summed E-state index contributed by atoms with van der Waals surface area (Å²) < 4.78 is 10.6. The third-order valence-electron chi connectivity index (χ3n) is 3.55. The number of benzene rings is 2. The van der Waals surface area contributed by atoms with Crippen molar-refractivity contribution in [2.24, 2.45) is 0 Å². The van der Waals surface area contributed by atoms with Crippen LogP contribution in [0.25, 0.3) is 6.08 Å². The zero-order valence-corrected chi connectivity index (χ0v) is 15.1. The summed E-state index contributed by atoms with van der Waals surface area (Å²) in [6.45, 7) is 0.874. The van der Waals surface area contributed by atoms with Crippen molar-refractivity contribution in [3.05, 3.63) is 64.7 Å². The van der Waals surface area contributed by atoms with Gasteiger partial charge in [-0.3, -0.25) is 4.79 Å². The van der Waals surface area contributed by atoms with E-state index in [9.17, 15) is 4.79 Å². The first-order valence-corrected chi connectivity index (χ1v) is 9.42. The van der Waals surface area contributed by atoms with Gasteiger partial charge in [0.15, 0.2) is 11.5 Å². The van der Waals surface area contributed by atoms with Crippen molar-refractivity contribution in [1.29, 1.82) is 0 Å². The second-order valence-electron chi connectivity index (χ2n) is 5.42. The summed E-state index contributed by atoms with van der Waals surface area (Å²) in [5.74, 6) is 3.09. The van der Waals surface area contributed by atoms with Crippen LogP contribution in [-0.4, -0.2) is 25.0 Å². The molecule has 0 unspecified atom stereocenters. The van der Waals surface area contributed by atoms with Gasteiger partial charge in [-0.25, -0.2) is 0 Å². The topological polar surface area (TPSA) is 47.6 Å². The Morgan fingerprint density at radius 3 is 2.80 bits per heavy atom. The molecular weight excluding hydrogens is 358 g/mol. The van der Waals surface area contributed by atoms with Gasteiger partial charge in [-0.2, -0.15) is 11.8 Å². The predicted octanol–water partition coefficient (Wildman–Crippen LogP) is 4.13. The van der Waals surface area contributed by atoms with Crippen molar-refractivity contribution in [2.75, 3.05) is 19.1 Å². The minimum Gasteiger partial charge on any atom is -0.454 e. The molecule has 1 amide bonds. The second kappa shape index (κ2) is 8.83. The maximum atomic E-state index is 11.8. The molecule has 0 spiro atoms. The molecule has 1 heterocycles. The Balaban J connectivity index is 1.36. The molecule has 0 fully saturated rings. The van der Waals surface area contributed by atoms with Gasteiger partial charge in [0.25, 0.3) is 0 Å². The highest BCUT2D eigenvalue weighted by Gasteiger charge is 2.12. The van der Waals surface area contributed by atoms with Crippen LogP contribution in [0.3, 0.4) is 0 Å². The van der Waals surface area contributed by atoms with E-state index >= 15 is 0 Å². The quantitative estimate of drug-likeness (QED) is 0.584. The molecule has 1 N–H and O–H groups in total. The van der Waals surface area contributed by atoms with Gasteiger partial charge in [-0.15, -0.1) is 0 Å². The number of fused-ring (bicyclic) bond motifs is 1. The van der Waals surface area contributed by atoms with E-state index in [0.29, 0.717) is 12.3 Å². The molecule has 0 saturated heterocycles. The fourth-order valence-corrected chi connectivity index (χ4v) is 3.21. The lowest BCUT2D eigenvalue weighted by molar-refractivity contribution is -0.116. The summed E-state index contributed by atoms with van der Waals surface area (Å²) in [5.41, 5.74) is 2.12. The highest BCUT2D eigenvalue weighted by atomic mass is 35.5. The summed E-state index contributed by atoms with van der Waals surface area (Å²) >= 11 is 7.63. The van der Waals surface area contributed by atoms with Crippen LogP contribution < -0.4 is 14.8 Å². The SMILES string of the molecule is O=C(C=Cc1ccc2c(c1)OCO2)NCCSCc1ccc(Cl)cc1. The number of hydrogen-bond acceptors (Lipinski definition) is 4. The minimum atomic E-state index is -0.107. The smallest absolute Gasteiger partial charge is 0.244 e. The third kappa shape index (κ3) is 5.44. The van der Waals surface area contributed by atoms with Crippen molar-refractivity contribution >= 4 is 35.3 Å². The molecule has 2 aromatic carbocycles. The van der Waals surface area contributed by atoms with Gasteiger partial charge in [0.05, 0.1) is 0 Å². The van der Waals surface area contributed by atoms with E-state index in [1.54, 1.807) is 17.8 Å². The van der Waals surface area contributed by atoms with E-state index in [0.717, 1.165) is 27.8 Å². The van der Waals surface area contributed by atoms with Crippen molar-refractivity contribution in [3.8, 4) is 11.5 Å². The number of nitrogens with one attached hydrogen (secondary N) is 1. The maximum absolute atomic E-state index is 11.8. The lowest BCUT2D eigenvalue weighted by atomic mass is 10.2. The first-order valence-electron chi connectivity index (χ1n) is 7.88. The molecule has 0 aliphatic carbocycles. The van der Waals surface area contributed by atoms with Crippen LogP contribution in [0.15, 0.2) is 48.5 Å². The number of hydrogen-bond donors (Lipinski definition) is 1. The minimum absolute atomic E-state index is 0.107. The lowest BCUT2D eigenvalue weighted by Gasteiger charge is -2.03. The van der Waals surface area contributed by atoms with Gasteiger partial charge in [0, 0.05) is 29.1 Å². The standard InChI is InChI=1S/C19H18ClNO3S/c20-16-5-1-15(2-6-16)12-25-10-9-21-19(22)8-4-14-3-7-17-18(11-14)24-13-23-17/h1-8,11H,9-10,12-13H2,(H,21,22). The fraction of sp³-hybridized carbons (Fsp3) is 0.211. The number of carbonyl (C=O) groups is 1. The zero-order chi connectivity index (χ0) is 17.5. The first kappa shape index (κ1) is 17.7. The van der Waals surface area contributed by atoms with Crippen molar-refractivity contribution in [1.82, 2.24) is 5.32 Å². The Kier molecular flexibility index (Phi) is 6.25. The first-order chi connectivity index (χ1) is 12.2. The molecule has 2 aromatic rings. The monoisotopic (exact) mass is 375 g/mol. The summed E-state index contributed by atoms with van der Waals surface area (Å²) in [7, 11) is 0. The molecule has 130 valence electrons. The van der Waals surface area contributed by atoms with E-state index in [1.807, 2.05) is 42.5 Å². The van der Waals surface area contributed by atoms with Crippen LogP contribution in [-0.2, 0) is 10.5 Å². The molecule has 0 bridgehead atoms. The molecule has 0 saturated carbocycles. The van der Waals surface area contributed by atoms with E-state index in [4.69, 9.17) is 21.1 Å². The Hall–Kier alpha value is -2.11. The summed E-state index contributed by atoms with van der Waals surface area (Å²) in [6, 6.07) is 13.4. The number of rotatable bonds is 7. The molecule has 0 atom stereocenters. The highest BCUT2D eigenvalue weighted by molar-refractivity contribution is 7.98. The highest BCUT2D eigenvalue weighted by Crippen LogP contribution is 2.32. The molecule has 6 heteroatoms. The largest absolute Gasteiger partial charge is 0.454 e. The number of halogens is 1. The van der Waals surface area contributed by atoms with Crippen molar-refractivity contribution in [3.63, 3.8) is 0 Å². The number of ether oxygens (including phenoxy) is 2. The third-order valence-corrected chi connectivity index (χ3v) is 4.83. The molecule has 1 aliphatic rings. The van der Waals surface area contributed by atoms with Crippen molar-refractivity contribution < 1.29 is 14.3 Å². The molecule has 0 radical (unpaired) electrons. The molecular formula is C19H18ClNO3S. The van der Waals surface area contributed by atoms with Gasteiger partial charge in [0.1, 0.15) is 0 Å². The molecule has 0 aromatic heterocycles. The average molecular weight is 376 g/mol. The van der Waals surface area contributed by atoms with Crippen LogP contribution in [0.2, 0.25) is 5.02 Å². The van der Waals surface area contributed by atoms with Gasteiger partial charge in [-0.05, 0) is 41.5 Å². The molecule has 25 heavy (non-hydrogen) atoms. The van der Waals surface area contributed by atoms with Gasteiger partial charge >= 0.3 is 0 Å². The van der Waals surface area contributed by atoms with Crippen LogP contribution in [0.5, 0.6) is 11.5 Å². The number of thioether (sulfide) groups is 1. The van der Waals surface area contributed by atoms with E-state index in [1.165, 1.54) is 11.6 Å². The normalized spacial score (nSPS) is 12.5. The number of amides is 1. The maximum Gasteiger partial charge on any atom is 0.244 e. The van der Waals surface area contributed by atoms with Gasteiger partial charge in [0.2, 0.25) is 12.7 Å². The van der Waals surface area contributed by atoms with Gasteiger partial charge < -0.3 is 14.8 Å². The Morgan fingerprint density at radius 1 is 1.16 bits per heavy atom. The van der Waals surface area contributed by atoms with E-state index in [2.05, 4.69) is 5.32 Å². The Labute approximate surface area is 156 Å². The molecule has 4 nitrogen and oxygen atoms in total. The lowest BCUT2D eigenvalue weighted by Crippen LogP contribution is -2.23. The van der Waals surface area contributed by atoms with Crippen LogP contribution in [0, 0.1) is 0 Å². The van der Waals surface area contributed by atoms with Crippen LogP contribution in [0.1, 0.15) is 11.1 Å². The second-order valence-corrected chi connectivity index (χ2v) is 6.96. The Bertz CT molecular complexity index is 762. The number of carbonyl (C=O) groups excluding carboxylic acids is 1. The summed E-state index contributed by atoms with van der Waals surface area (Å²) in [6.07, 6.45) is 3.29. The zero-order valence-electron chi connectivity index (χ0n) is 13.5. The Morgan fingerprint density at radius 2 is 1.96 bits per heavy atom. The predicted molar refractivity (Wildman–Crippen MR) is 102 cm³/mol. The summed E-state index contributed by atoms with van der Waals surface area (Å²) in [4.78, 5) is 11.8. The molecule has 3 rings (SSSR count). The van der Waals surface area contributed by atoms with E-state index in [-0.39, 0.29) is 12.7 Å². The average Bonchev–Trinajstić information content (AvgIpc) is 3.09. The van der Waals surface area contributed by atoms with Crippen molar-refractivity contribution in [2.45, 2.75) is 5.75 Å². The van der Waals surface area contributed by atoms with Crippen LogP contribution in [0.4, 0.5) is 0 Å². The van der Waals surface area contributed by atoms with Crippen LogP contribution >= 0.6 is 23.4 Å². The summed E-state index contributed by atoms with van der Waals surface area (Å²) in [5, 5.41) is 3.62. The molecule has 1 aliphatic heterocycles. The van der Waals surface area contributed by atoms with E-state index < -0.39 is 0 Å². The van der Waals surface area contributed by atoms with Gasteiger partial charge in [-0.1, -0.05) is 29.8 Å².